The molecule has 2 atom stereocenters. The van der Waals surface area contributed by atoms with E-state index in [1.54, 1.807) is 24.3 Å². The van der Waals surface area contributed by atoms with E-state index in [9.17, 15) is 9.90 Å². The van der Waals surface area contributed by atoms with Crippen molar-refractivity contribution in [2.75, 3.05) is 28.4 Å². The van der Waals surface area contributed by atoms with E-state index in [2.05, 4.69) is 0 Å². The number of phenolic OH excluding ortho intramolecular Hbond substituents is 1. The summed E-state index contributed by atoms with van der Waals surface area (Å²) in [7, 11) is 6.09. The number of hydrogen-bond donors (Lipinski definition) is 1. The highest BCUT2D eigenvalue weighted by molar-refractivity contribution is 6.00. The van der Waals surface area contributed by atoms with Crippen LogP contribution in [0.25, 0.3) is 0 Å². The Bertz CT molecular complexity index is 820. The Balaban J connectivity index is 1.89. The lowest BCUT2D eigenvalue weighted by Crippen LogP contribution is -2.31. The Hall–Kier alpha value is -2.89. The number of ether oxygens (including phenoxy) is 4. The zero-order valence-corrected chi connectivity index (χ0v) is 15.9. The third-order valence-electron chi connectivity index (χ3n) is 5.19. The molecule has 0 aliphatic heterocycles. The molecule has 0 bridgehead atoms. The van der Waals surface area contributed by atoms with Gasteiger partial charge in [0, 0.05) is 11.5 Å². The van der Waals surface area contributed by atoms with Crippen molar-refractivity contribution in [1.82, 2.24) is 0 Å². The molecule has 1 aliphatic carbocycles. The lowest BCUT2D eigenvalue weighted by molar-refractivity contribution is 0.0818. The fourth-order valence-electron chi connectivity index (χ4n) is 3.59. The summed E-state index contributed by atoms with van der Waals surface area (Å²) in [4.78, 5) is 13.1. The SMILES string of the molecule is COc1ccc(C2CCC2C(=O)c2cc(OC)c(OC)c(OC)c2)cc1O. The van der Waals surface area contributed by atoms with Gasteiger partial charge in [-0.05, 0) is 48.6 Å². The van der Waals surface area contributed by atoms with Crippen LogP contribution in [-0.4, -0.2) is 39.3 Å². The van der Waals surface area contributed by atoms with Crippen molar-refractivity contribution >= 4 is 5.78 Å². The van der Waals surface area contributed by atoms with E-state index in [0.717, 1.165) is 18.4 Å². The van der Waals surface area contributed by atoms with Gasteiger partial charge in [-0.2, -0.15) is 0 Å². The maximum absolute atomic E-state index is 13.1. The third-order valence-corrected chi connectivity index (χ3v) is 5.19. The second kappa shape index (κ2) is 7.78. The van der Waals surface area contributed by atoms with Gasteiger partial charge in [0.1, 0.15) is 0 Å². The Kier molecular flexibility index (Phi) is 5.44. The molecule has 0 spiro atoms. The molecule has 2 unspecified atom stereocenters. The molecule has 1 N–H and O–H groups in total. The zero-order valence-electron chi connectivity index (χ0n) is 15.9. The molecule has 6 heteroatoms. The van der Waals surface area contributed by atoms with Crippen LogP contribution < -0.4 is 18.9 Å². The first-order valence-corrected chi connectivity index (χ1v) is 8.75. The van der Waals surface area contributed by atoms with Crippen molar-refractivity contribution in [2.45, 2.75) is 18.8 Å². The van der Waals surface area contributed by atoms with Crippen molar-refractivity contribution in [1.29, 1.82) is 0 Å². The lowest BCUT2D eigenvalue weighted by Gasteiger charge is -2.36. The van der Waals surface area contributed by atoms with Crippen molar-refractivity contribution in [2.24, 2.45) is 5.92 Å². The first-order chi connectivity index (χ1) is 13.0. The molecule has 27 heavy (non-hydrogen) atoms. The molecule has 0 saturated heterocycles. The normalized spacial score (nSPS) is 18.4. The van der Waals surface area contributed by atoms with Crippen LogP contribution >= 0.6 is 0 Å². The van der Waals surface area contributed by atoms with Crippen LogP contribution in [0.4, 0.5) is 0 Å². The minimum Gasteiger partial charge on any atom is -0.504 e. The van der Waals surface area contributed by atoms with Gasteiger partial charge in [-0.25, -0.2) is 0 Å². The van der Waals surface area contributed by atoms with Gasteiger partial charge in [0.15, 0.2) is 28.8 Å². The highest BCUT2D eigenvalue weighted by Gasteiger charge is 2.38. The first-order valence-electron chi connectivity index (χ1n) is 8.75. The van der Waals surface area contributed by atoms with Crippen molar-refractivity contribution in [3.63, 3.8) is 0 Å². The molecule has 2 aromatic carbocycles. The largest absolute Gasteiger partial charge is 0.504 e. The fourth-order valence-corrected chi connectivity index (χ4v) is 3.59. The molecule has 6 nitrogen and oxygen atoms in total. The average molecular weight is 372 g/mol. The average Bonchev–Trinajstić information content (AvgIpc) is 2.65. The molecule has 0 aromatic heterocycles. The van der Waals surface area contributed by atoms with E-state index in [0.29, 0.717) is 28.6 Å². The molecule has 1 aliphatic rings. The number of phenols is 1. The van der Waals surface area contributed by atoms with E-state index >= 15 is 0 Å². The van der Waals surface area contributed by atoms with Crippen LogP contribution in [0.15, 0.2) is 30.3 Å². The summed E-state index contributed by atoms with van der Waals surface area (Å²) in [6.07, 6.45) is 1.69. The van der Waals surface area contributed by atoms with Crippen LogP contribution in [0, 0.1) is 5.92 Å². The predicted octanol–water partition coefficient (Wildman–Crippen LogP) is 3.80. The number of aromatic hydroxyl groups is 1. The standard InChI is InChI=1S/C21H24O6/c1-24-17-8-5-12(9-16(17)22)14-6-7-15(14)20(23)13-10-18(25-2)21(27-4)19(11-13)26-3/h5,8-11,14-15,22H,6-7H2,1-4H3. The zero-order chi connectivity index (χ0) is 19.6. The number of hydrogen-bond acceptors (Lipinski definition) is 6. The highest BCUT2D eigenvalue weighted by atomic mass is 16.5. The summed E-state index contributed by atoms with van der Waals surface area (Å²) < 4.78 is 21.1. The molecule has 2 aromatic rings. The number of carbonyl (C=O) groups is 1. The maximum Gasteiger partial charge on any atom is 0.203 e. The molecular formula is C21H24O6. The van der Waals surface area contributed by atoms with E-state index in [4.69, 9.17) is 18.9 Å². The Labute approximate surface area is 158 Å². The van der Waals surface area contributed by atoms with Crippen molar-refractivity contribution in [3.8, 4) is 28.7 Å². The summed E-state index contributed by atoms with van der Waals surface area (Å²) in [5.41, 5.74) is 1.46. The molecule has 144 valence electrons. The Morgan fingerprint density at radius 3 is 1.96 bits per heavy atom. The second-order valence-corrected chi connectivity index (χ2v) is 6.50. The summed E-state index contributed by atoms with van der Waals surface area (Å²) in [6, 6.07) is 8.68. The van der Waals surface area contributed by atoms with E-state index in [-0.39, 0.29) is 23.4 Å². The monoisotopic (exact) mass is 372 g/mol. The molecule has 1 saturated carbocycles. The number of methoxy groups -OCH3 is 4. The summed E-state index contributed by atoms with van der Waals surface area (Å²) in [6.45, 7) is 0. The number of Topliss-reactive ketones (excluding diaryl/α,β-unsaturated/α-hetero) is 1. The van der Waals surface area contributed by atoms with Crippen LogP contribution in [0.1, 0.15) is 34.7 Å². The Morgan fingerprint density at radius 1 is 0.889 bits per heavy atom. The van der Waals surface area contributed by atoms with Crippen molar-refractivity contribution in [3.05, 3.63) is 41.5 Å². The third kappa shape index (κ3) is 3.39. The minimum atomic E-state index is -0.152. The van der Waals surface area contributed by atoms with Crippen LogP contribution in [-0.2, 0) is 0 Å². The predicted molar refractivity (Wildman–Crippen MR) is 101 cm³/mol. The lowest BCUT2D eigenvalue weighted by atomic mass is 9.67. The molecular weight excluding hydrogens is 348 g/mol. The maximum atomic E-state index is 13.1. The van der Waals surface area contributed by atoms with E-state index in [1.165, 1.54) is 28.4 Å². The van der Waals surface area contributed by atoms with Gasteiger partial charge in [-0.15, -0.1) is 0 Å². The van der Waals surface area contributed by atoms with Gasteiger partial charge >= 0.3 is 0 Å². The van der Waals surface area contributed by atoms with Gasteiger partial charge < -0.3 is 24.1 Å². The van der Waals surface area contributed by atoms with E-state index < -0.39 is 0 Å². The number of benzene rings is 2. The topological polar surface area (TPSA) is 74.2 Å². The number of carbonyl (C=O) groups excluding carboxylic acids is 1. The molecule has 0 heterocycles. The van der Waals surface area contributed by atoms with Gasteiger partial charge in [-0.1, -0.05) is 6.07 Å². The van der Waals surface area contributed by atoms with Crippen LogP contribution in [0.2, 0.25) is 0 Å². The second-order valence-electron chi connectivity index (χ2n) is 6.50. The van der Waals surface area contributed by atoms with Crippen molar-refractivity contribution < 1.29 is 28.8 Å². The minimum absolute atomic E-state index is 0.0285. The molecule has 1 fully saturated rings. The van der Waals surface area contributed by atoms with Gasteiger partial charge in [0.2, 0.25) is 5.75 Å². The summed E-state index contributed by atoms with van der Waals surface area (Å²) >= 11 is 0. The van der Waals surface area contributed by atoms with Gasteiger partial charge in [0.05, 0.1) is 28.4 Å². The van der Waals surface area contributed by atoms with Crippen LogP contribution in [0.5, 0.6) is 28.7 Å². The quantitative estimate of drug-likeness (QED) is 0.745. The molecule has 0 radical (unpaired) electrons. The number of ketones is 1. The Morgan fingerprint density at radius 2 is 1.52 bits per heavy atom. The first kappa shape index (κ1) is 18.9. The van der Waals surface area contributed by atoms with E-state index in [1.807, 2.05) is 6.07 Å². The summed E-state index contributed by atoms with van der Waals surface area (Å²) in [5.74, 6) is 1.82. The number of rotatable bonds is 7. The highest BCUT2D eigenvalue weighted by Crippen LogP contribution is 2.47. The van der Waals surface area contributed by atoms with Crippen LogP contribution in [0.3, 0.4) is 0 Å². The molecule has 3 rings (SSSR count). The van der Waals surface area contributed by atoms with Gasteiger partial charge in [-0.3, -0.25) is 4.79 Å². The fraction of sp³-hybridized carbons (Fsp3) is 0.381. The molecule has 0 amide bonds. The smallest absolute Gasteiger partial charge is 0.203 e. The van der Waals surface area contributed by atoms with Gasteiger partial charge in [0.25, 0.3) is 0 Å². The summed E-state index contributed by atoms with van der Waals surface area (Å²) in [5, 5.41) is 10.0.